The van der Waals surface area contributed by atoms with Gasteiger partial charge >= 0.3 is 0 Å². The van der Waals surface area contributed by atoms with Gasteiger partial charge in [-0.2, -0.15) is 0 Å². The maximum absolute atomic E-state index is 12.3. The van der Waals surface area contributed by atoms with Crippen molar-refractivity contribution in [3.8, 4) is 28.7 Å². The number of benzene rings is 2. The van der Waals surface area contributed by atoms with Crippen LogP contribution in [0.25, 0.3) is 0 Å². The fraction of sp³-hybridized carbons (Fsp3) is 0.381. The second kappa shape index (κ2) is 10.3. The highest BCUT2D eigenvalue weighted by Crippen LogP contribution is 2.34. The summed E-state index contributed by atoms with van der Waals surface area (Å²) >= 11 is 0. The molecule has 0 aliphatic rings. The monoisotopic (exact) mass is 389 g/mol. The minimum absolute atomic E-state index is 0.0633. The van der Waals surface area contributed by atoms with E-state index in [-0.39, 0.29) is 5.91 Å². The average Bonchev–Trinajstić information content (AvgIpc) is 2.74. The van der Waals surface area contributed by atoms with E-state index in [1.807, 2.05) is 18.2 Å². The molecule has 0 atom stereocenters. The van der Waals surface area contributed by atoms with Gasteiger partial charge in [0.25, 0.3) is 0 Å². The standard InChI is InChI=1S/C21H27NO6/c1-24-16-8-6-14(10-18(16)26-3)7-9-21(23)22-13-15-11-19(27-4)20(28-5)12-17(15)25-2/h6,8,10-12H,7,9,13H2,1-5H3,(H,22,23). The Labute approximate surface area is 165 Å². The van der Waals surface area contributed by atoms with Crippen molar-refractivity contribution in [3.05, 3.63) is 41.5 Å². The predicted octanol–water partition coefficient (Wildman–Crippen LogP) is 2.98. The molecule has 0 radical (unpaired) electrons. The summed E-state index contributed by atoms with van der Waals surface area (Å²) in [5.74, 6) is 3.02. The van der Waals surface area contributed by atoms with E-state index in [0.717, 1.165) is 11.1 Å². The van der Waals surface area contributed by atoms with Gasteiger partial charge in [-0.3, -0.25) is 4.79 Å². The first kappa shape index (κ1) is 21.2. The molecule has 2 rings (SSSR count). The van der Waals surface area contributed by atoms with Crippen molar-refractivity contribution in [2.45, 2.75) is 19.4 Å². The van der Waals surface area contributed by atoms with Crippen LogP contribution in [0.1, 0.15) is 17.5 Å². The number of rotatable bonds is 10. The molecule has 0 saturated heterocycles. The van der Waals surface area contributed by atoms with Gasteiger partial charge in [0.15, 0.2) is 23.0 Å². The topological polar surface area (TPSA) is 75.2 Å². The maximum atomic E-state index is 12.3. The lowest BCUT2D eigenvalue weighted by molar-refractivity contribution is -0.121. The Balaban J connectivity index is 1.97. The molecule has 2 aromatic rings. The van der Waals surface area contributed by atoms with Gasteiger partial charge in [-0.05, 0) is 30.2 Å². The molecule has 152 valence electrons. The summed E-state index contributed by atoms with van der Waals surface area (Å²) in [4.78, 5) is 12.3. The first-order valence-electron chi connectivity index (χ1n) is 8.82. The molecule has 0 bridgehead atoms. The zero-order valence-electron chi connectivity index (χ0n) is 17.0. The van der Waals surface area contributed by atoms with Crippen LogP contribution >= 0.6 is 0 Å². The second-order valence-corrected chi connectivity index (χ2v) is 5.99. The van der Waals surface area contributed by atoms with E-state index >= 15 is 0 Å². The molecule has 0 fully saturated rings. The van der Waals surface area contributed by atoms with Gasteiger partial charge in [-0.1, -0.05) is 6.07 Å². The van der Waals surface area contributed by atoms with E-state index in [2.05, 4.69) is 5.32 Å². The van der Waals surface area contributed by atoms with Crippen LogP contribution in [-0.2, 0) is 17.8 Å². The van der Waals surface area contributed by atoms with Gasteiger partial charge in [-0.15, -0.1) is 0 Å². The molecule has 0 aliphatic heterocycles. The Morgan fingerprint density at radius 1 is 0.750 bits per heavy atom. The third kappa shape index (κ3) is 5.22. The third-order valence-electron chi connectivity index (χ3n) is 4.35. The van der Waals surface area contributed by atoms with Gasteiger partial charge in [0.05, 0.1) is 35.5 Å². The highest BCUT2D eigenvalue weighted by atomic mass is 16.5. The van der Waals surface area contributed by atoms with Crippen LogP contribution in [0.15, 0.2) is 30.3 Å². The van der Waals surface area contributed by atoms with E-state index in [9.17, 15) is 4.79 Å². The molecule has 1 N–H and O–H groups in total. The summed E-state index contributed by atoms with van der Waals surface area (Å²) < 4.78 is 26.5. The molecule has 1 amide bonds. The van der Waals surface area contributed by atoms with E-state index in [1.165, 1.54) is 0 Å². The van der Waals surface area contributed by atoms with Crippen molar-refractivity contribution in [2.75, 3.05) is 35.5 Å². The zero-order valence-corrected chi connectivity index (χ0v) is 17.0. The minimum atomic E-state index is -0.0633. The molecular formula is C21H27NO6. The Bertz CT molecular complexity index is 806. The Morgan fingerprint density at radius 3 is 1.93 bits per heavy atom. The quantitative estimate of drug-likeness (QED) is 0.673. The molecule has 0 spiro atoms. The minimum Gasteiger partial charge on any atom is -0.496 e. The second-order valence-electron chi connectivity index (χ2n) is 5.99. The summed E-state index contributed by atoms with van der Waals surface area (Å²) in [7, 11) is 7.88. The van der Waals surface area contributed by atoms with Crippen LogP contribution in [0.2, 0.25) is 0 Å². The van der Waals surface area contributed by atoms with Crippen LogP contribution in [0.3, 0.4) is 0 Å². The highest BCUT2D eigenvalue weighted by molar-refractivity contribution is 5.76. The lowest BCUT2D eigenvalue weighted by atomic mass is 10.1. The van der Waals surface area contributed by atoms with Crippen molar-refractivity contribution in [2.24, 2.45) is 0 Å². The lowest BCUT2D eigenvalue weighted by Gasteiger charge is -2.14. The SMILES string of the molecule is COc1cc(OC)c(OC)cc1CNC(=O)CCc1ccc(OC)c(OC)c1. The number of amides is 1. The molecule has 0 aliphatic carbocycles. The number of ether oxygens (including phenoxy) is 5. The summed E-state index contributed by atoms with van der Waals surface area (Å²) in [6.45, 7) is 0.328. The smallest absolute Gasteiger partial charge is 0.220 e. The average molecular weight is 389 g/mol. The van der Waals surface area contributed by atoms with E-state index in [4.69, 9.17) is 23.7 Å². The van der Waals surface area contributed by atoms with E-state index in [0.29, 0.717) is 48.1 Å². The van der Waals surface area contributed by atoms with Crippen LogP contribution in [0, 0.1) is 0 Å². The number of carbonyl (C=O) groups is 1. The number of hydrogen-bond donors (Lipinski definition) is 1. The van der Waals surface area contributed by atoms with Crippen molar-refractivity contribution < 1.29 is 28.5 Å². The maximum Gasteiger partial charge on any atom is 0.220 e. The van der Waals surface area contributed by atoms with Crippen LogP contribution in [0.5, 0.6) is 28.7 Å². The predicted molar refractivity (Wildman–Crippen MR) is 106 cm³/mol. The van der Waals surface area contributed by atoms with E-state index < -0.39 is 0 Å². The van der Waals surface area contributed by atoms with Gasteiger partial charge in [-0.25, -0.2) is 0 Å². The normalized spacial score (nSPS) is 10.2. The van der Waals surface area contributed by atoms with Crippen molar-refractivity contribution >= 4 is 5.91 Å². The largest absolute Gasteiger partial charge is 0.496 e. The summed E-state index contributed by atoms with van der Waals surface area (Å²) in [5, 5.41) is 2.91. The summed E-state index contributed by atoms with van der Waals surface area (Å²) in [6, 6.07) is 9.17. The fourth-order valence-electron chi connectivity index (χ4n) is 2.81. The zero-order chi connectivity index (χ0) is 20.5. The van der Waals surface area contributed by atoms with Crippen LogP contribution in [-0.4, -0.2) is 41.5 Å². The molecule has 0 unspecified atom stereocenters. The number of carbonyl (C=O) groups excluding carboxylic acids is 1. The molecule has 0 saturated carbocycles. The molecule has 28 heavy (non-hydrogen) atoms. The summed E-state index contributed by atoms with van der Waals surface area (Å²) in [6.07, 6.45) is 0.945. The Morgan fingerprint density at radius 2 is 1.32 bits per heavy atom. The Kier molecular flexibility index (Phi) is 7.80. The molecular weight excluding hydrogens is 362 g/mol. The highest BCUT2D eigenvalue weighted by Gasteiger charge is 2.13. The number of methoxy groups -OCH3 is 5. The van der Waals surface area contributed by atoms with Gasteiger partial charge in [0.1, 0.15) is 5.75 Å². The Hall–Kier alpha value is -3.09. The summed E-state index contributed by atoms with van der Waals surface area (Å²) in [5.41, 5.74) is 1.80. The molecule has 0 aromatic heterocycles. The molecule has 0 heterocycles. The van der Waals surface area contributed by atoms with Crippen molar-refractivity contribution in [1.29, 1.82) is 0 Å². The first-order valence-corrected chi connectivity index (χ1v) is 8.82. The van der Waals surface area contributed by atoms with Gasteiger partial charge < -0.3 is 29.0 Å². The number of nitrogens with one attached hydrogen (secondary N) is 1. The fourth-order valence-corrected chi connectivity index (χ4v) is 2.81. The molecule has 7 nitrogen and oxygen atoms in total. The van der Waals surface area contributed by atoms with Gasteiger partial charge in [0.2, 0.25) is 5.91 Å². The number of hydrogen-bond acceptors (Lipinski definition) is 6. The van der Waals surface area contributed by atoms with Crippen molar-refractivity contribution in [1.82, 2.24) is 5.32 Å². The van der Waals surface area contributed by atoms with Crippen LogP contribution in [0.4, 0.5) is 0 Å². The van der Waals surface area contributed by atoms with Crippen LogP contribution < -0.4 is 29.0 Å². The van der Waals surface area contributed by atoms with Gasteiger partial charge in [0, 0.05) is 24.6 Å². The van der Waals surface area contributed by atoms with Crippen molar-refractivity contribution in [3.63, 3.8) is 0 Å². The number of aryl methyl sites for hydroxylation is 1. The third-order valence-corrected chi connectivity index (χ3v) is 4.35. The van der Waals surface area contributed by atoms with E-state index in [1.54, 1.807) is 47.7 Å². The first-order chi connectivity index (χ1) is 13.6. The lowest BCUT2D eigenvalue weighted by Crippen LogP contribution is -2.23. The molecule has 2 aromatic carbocycles. The molecule has 7 heteroatoms.